The van der Waals surface area contributed by atoms with E-state index in [1.807, 2.05) is 56.2 Å². The summed E-state index contributed by atoms with van der Waals surface area (Å²) in [6.07, 6.45) is 0.860. The van der Waals surface area contributed by atoms with Crippen molar-refractivity contribution < 1.29 is 4.74 Å². The lowest BCUT2D eigenvalue weighted by Crippen LogP contribution is -2.35. The van der Waals surface area contributed by atoms with Crippen LogP contribution in [0.1, 0.15) is 5.56 Å². The van der Waals surface area contributed by atoms with Crippen LogP contribution in [-0.2, 0) is 6.42 Å². The smallest absolute Gasteiger partial charge is 0.195 e. The maximum Gasteiger partial charge on any atom is 0.195 e. The van der Waals surface area contributed by atoms with Gasteiger partial charge in [0.2, 0.25) is 0 Å². The minimum absolute atomic E-state index is 0.636. The van der Waals surface area contributed by atoms with Crippen LogP contribution >= 0.6 is 11.6 Å². The number of benzene rings is 1. The third-order valence-corrected chi connectivity index (χ3v) is 2.98. The molecule has 0 heterocycles. The van der Waals surface area contributed by atoms with Gasteiger partial charge in [-0.05, 0) is 24.1 Å². The molecule has 0 spiro atoms. The van der Waals surface area contributed by atoms with E-state index in [0.717, 1.165) is 18.9 Å². The summed E-state index contributed by atoms with van der Waals surface area (Å²) in [7, 11) is 9.59. The van der Waals surface area contributed by atoms with Crippen molar-refractivity contribution in [3.8, 4) is 5.75 Å². The number of hydrogen-bond acceptors (Lipinski definition) is 2. The van der Waals surface area contributed by atoms with Gasteiger partial charge in [-0.1, -0.05) is 17.7 Å². The molecule has 0 aliphatic carbocycles. The molecule has 5 heteroatoms. The molecule has 1 aromatic rings. The molecule has 0 saturated heterocycles. The summed E-state index contributed by atoms with van der Waals surface area (Å²) in [4.78, 5) is 8.60. The Bertz CT molecular complexity index is 434. The van der Waals surface area contributed by atoms with Gasteiger partial charge < -0.3 is 14.5 Å². The van der Waals surface area contributed by atoms with Crippen molar-refractivity contribution in [2.45, 2.75) is 6.42 Å². The monoisotopic (exact) mass is 283 g/mol. The first-order valence-corrected chi connectivity index (χ1v) is 6.55. The van der Waals surface area contributed by atoms with Crippen molar-refractivity contribution >= 4 is 17.6 Å². The van der Waals surface area contributed by atoms with Gasteiger partial charge in [0.15, 0.2) is 5.96 Å². The number of aliphatic imine (C=N–C) groups is 1. The van der Waals surface area contributed by atoms with E-state index in [2.05, 4.69) is 4.99 Å². The molecule has 0 unspecified atom stereocenters. The first kappa shape index (κ1) is 15.6. The highest BCUT2D eigenvalue weighted by Crippen LogP contribution is 2.25. The molecule has 4 nitrogen and oxygen atoms in total. The Morgan fingerprint density at radius 2 is 1.84 bits per heavy atom. The average molecular weight is 284 g/mol. The van der Waals surface area contributed by atoms with E-state index >= 15 is 0 Å². The molecular formula is C14H22ClN3O. The van der Waals surface area contributed by atoms with Crippen LogP contribution < -0.4 is 4.74 Å². The van der Waals surface area contributed by atoms with Crippen molar-refractivity contribution in [2.24, 2.45) is 4.99 Å². The summed E-state index contributed by atoms with van der Waals surface area (Å²) in [6.45, 7) is 0.733. The van der Waals surface area contributed by atoms with E-state index in [0.29, 0.717) is 10.8 Å². The maximum absolute atomic E-state index is 6.00. The first-order valence-electron chi connectivity index (χ1n) is 6.17. The lowest BCUT2D eigenvalue weighted by atomic mass is 10.1. The van der Waals surface area contributed by atoms with Gasteiger partial charge in [-0.2, -0.15) is 0 Å². The third kappa shape index (κ3) is 4.63. The van der Waals surface area contributed by atoms with E-state index in [-0.39, 0.29) is 0 Å². The first-order chi connectivity index (χ1) is 8.95. The quantitative estimate of drug-likeness (QED) is 0.627. The molecule has 0 aliphatic rings. The molecule has 0 amide bonds. The lowest BCUT2D eigenvalue weighted by Gasteiger charge is -2.22. The lowest BCUT2D eigenvalue weighted by molar-refractivity contribution is 0.414. The normalized spacial score (nSPS) is 10.0. The number of rotatable bonds is 4. The van der Waals surface area contributed by atoms with Gasteiger partial charge in [0.05, 0.1) is 12.1 Å². The highest BCUT2D eigenvalue weighted by Gasteiger charge is 2.05. The van der Waals surface area contributed by atoms with E-state index in [9.17, 15) is 0 Å². The van der Waals surface area contributed by atoms with E-state index in [1.165, 1.54) is 5.56 Å². The zero-order valence-corrected chi connectivity index (χ0v) is 13.0. The van der Waals surface area contributed by atoms with Crippen LogP contribution in [0, 0.1) is 0 Å². The summed E-state index contributed by atoms with van der Waals surface area (Å²) in [5.74, 6) is 1.67. The maximum atomic E-state index is 6.00. The van der Waals surface area contributed by atoms with Crippen LogP contribution in [0.25, 0.3) is 0 Å². The zero-order chi connectivity index (χ0) is 14.4. The van der Waals surface area contributed by atoms with Crippen molar-refractivity contribution in [3.05, 3.63) is 28.8 Å². The number of guanidine groups is 1. The largest absolute Gasteiger partial charge is 0.495 e. The number of ether oxygens (including phenoxy) is 1. The van der Waals surface area contributed by atoms with Crippen LogP contribution in [0.5, 0.6) is 5.75 Å². The second kappa shape index (κ2) is 7.24. The summed E-state index contributed by atoms with van der Waals surface area (Å²) < 4.78 is 5.21. The highest BCUT2D eigenvalue weighted by molar-refractivity contribution is 6.32. The second-order valence-electron chi connectivity index (χ2n) is 4.69. The molecule has 0 aliphatic heterocycles. The van der Waals surface area contributed by atoms with E-state index in [1.54, 1.807) is 7.11 Å². The van der Waals surface area contributed by atoms with Crippen LogP contribution in [0.3, 0.4) is 0 Å². The predicted molar refractivity (Wildman–Crippen MR) is 81.4 cm³/mol. The predicted octanol–water partition coefficient (Wildman–Crippen LogP) is 2.37. The van der Waals surface area contributed by atoms with Gasteiger partial charge in [0, 0.05) is 34.7 Å². The Morgan fingerprint density at radius 1 is 1.21 bits per heavy atom. The molecular weight excluding hydrogens is 262 g/mol. The molecule has 1 rings (SSSR count). The van der Waals surface area contributed by atoms with Gasteiger partial charge in [-0.3, -0.25) is 4.99 Å². The molecule has 0 atom stereocenters. The number of methoxy groups -OCH3 is 1. The fraction of sp³-hybridized carbons (Fsp3) is 0.500. The van der Waals surface area contributed by atoms with Crippen LogP contribution in [-0.4, -0.2) is 57.6 Å². The van der Waals surface area contributed by atoms with Crippen LogP contribution in [0.4, 0.5) is 0 Å². The average Bonchev–Trinajstić information content (AvgIpc) is 2.35. The fourth-order valence-electron chi connectivity index (χ4n) is 1.83. The number of hydrogen-bond donors (Lipinski definition) is 0. The van der Waals surface area contributed by atoms with Crippen molar-refractivity contribution in [1.29, 1.82) is 0 Å². The molecule has 0 aromatic heterocycles. The van der Waals surface area contributed by atoms with E-state index in [4.69, 9.17) is 16.3 Å². The molecule has 0 saturated carbocycles. The Morgan fingerprint density at radius 3 is 2.37 bits per heavy atom. The molecule has 0 radical (unpaired) electrons. The minimum atomic E-state index is 0.636. The topological polar surface area (TPSA) is 28.1 Å². The Labute approximate surface area is 120 Å². The number of nitrogens with zero attached hydrogens (tertiary/aromatic N) is 3. The Balaban J connectivity index is 2.69. The minimum Gasteiger partial charge on any atom is -0.495 e. The van der Waals surface area contributed by atoms with Crippen molar-refractivity contribution in [2.75, 3.05) is 41.8 Å². The third-order valence-electron chi connectivity index (χ3n) is 2.67. The molecule has 0 fully saturated rings. The summed E-state index contributed by atoms with van der Waals surface area (Å²) in [5.41, 5.74) is 1.17. The van der Waals surface area contributed by atoms with Gasteiger partial charge >= 0.3 is 0 Å². The highest BCUT2D eigenvalue weighted by atomic mass is 35.5. The van der Waals surface area contributed by atoms with Crippen molar-refractivity contribution in [3.63, 3.8) is 0 Å². The summed E-state index contributed by atoms with van der Waals surface area (Å²) in [5, 5.41) is 0.636. The van der Waals surface area contributed by atoms with Crippen molar-refractivity contribution in [1.82, 2.24) is 9.80 Å². The Hall–Kier alpha value is -1.42. The molecule has 106 valence electrons. The van der Waals surface area contributed by atoms with Gasteiger partial charge in [-0.15, -0.1) is 0 Å². The summed E-state index contributed by atoms with van der Waals surface area (Å²) in [6, 6.07) is 5.83. The molecule has 19 heavy (non-hydrogen) atoms. The zero-order valence-electron chi connectivity index (χ0n) is 12.3. The molecule has 0 bridgehead atoms. The molecule has 1 aromatic carbocycles. The fourth-order valence-corrected chi connectivity index (χ4v) is 2.02. The van der Waals surface area contributed by atoms with E-state index < -0.39 is 0 Å². The van der Waals surface area contributed by atoms with Crippen LogP contribution in [0.15, 0.2) is 23.2 Å². The summed E-state index contributed by atoms with van der Waals surface area (Å²) >= 11 is 6.00. The van der Waals surface area contributed by atoms with Gasteiger partial charge in [0.25, 0.3) is 0 Å². The standard InChI is InChI=1S/C14H22ClN3O/c1-17(2)14(18(3)4)16-9-8-11-6-7-12(15)13(10-11)19-5/h6-7,10H,8-9H2,1-5H3. The van der Waals surface area contributed by atoms with Crippen LogP contribution in [0.2, 0.25) is 5.02 Å². The second-order valence-corrected chi connectivity index (χ2v) is 5.10. The number of halogens is 1. The Kier molecular flexibility index (Phi) is 5.96. The molecule has 0 N–H and O–H groups in total. The van der Waals surface area contributed by atoms with Gasteiger partial charge in [0.1, 0.15) is 5.75 Å². The van der Waals surface area contributed by atoms with Gasteiger partial charge in [-0.25, -0.2) is 0 Å². The SMILES string of the molecule is COc1cc(CCN=C(N(C)C)N(C)C)ccc1Cl.